The lowest BCUT2D eigenvalue weighted by Gasteiger charge is -2.03. The van der Waals surface area contributed by atoms with Crippen molar-refractivity contribution < 1.29 is 0 Å². The van der Waals surface area contributed by atoms with E-state index >= 15 is 0 Å². The molecule has 0 fully saturated rings. The summed E-state index contributed by atoms with van der Waals surface area (Å²) >= 11 is 0. The normalized spacial score (nSPS) is 12.1. The summed E-state index contributed by atoms with van der Waals surface area (Å²) in [6, 6.07) is 12.7. The van der Waals surface area contributed by atoms with Gasteiger partial charge in [0, 0.05) is 6.21 Å². The Morgan fingerprint density at radius 1 is 0.773 bits per heavy atom. The smallest absolute Gasteiger partial charge is 0.0638 e. The van der Waals surface area contributed by atoms with Crippen LogP contribution in [0.1, 0.15) is 35.6 Å². The van der Waals surface area contributed by atoms with E-state index in [1.54, 1.807) is 0 Å². The first-order chi connectivity index (χ1) is 10.5. The van der Waals surface area contributed by atoms with Crippen LogP contribution in [0.2, 0.25) is 0 Å². The van der Waals surface area contributed by atoms with E-state index in [0.29, 0.717) is 0 Å². The summed E-state index contributed by atoms with van der Waals surface area (Å²) in [7, 11) is 0. The van der Waals surface area contributed by atoms with E-state index in [2.05, 4.69) is 76.0 Å². The first kappa shape index (κ1) is 16.2. The maximum Gasteiger partial charge on any atom is 0.0638 e. The number of hydrogen-bond acceptors (Lipinski definition) is 2. The van der Waals surface area contributed by atoms with Crippen molar-refractivity contribution in [2.75, 3.05) is 0 Å². The molecule has 114 valence electrons. The van der Waals surface area contributed by atoms with Crippen molar-refractivity contribution >= 4 is 23.3 Å². The van der Waals surface area contributed by atoms with Crippen molar-refractivity contribution in [3.8, 4) is 0 Å². The van der Waals surface area contributed by atoms with Gasteiger partial charge in [-0.2, -0.15) is 0 Å². The average Bonchev–Trinajstić information content (AvgIpc) is 2.41. The lowest BCUT2D eigenvalue weighted by molar-refractivity contribution is 1.28. The molecular formula is C20H24N2. The van der Waals surface area contributed by atoms with Crippen LogP contribution >= 0.6 is 0 Å². The Labute approximate surface area is 133 Å². The minimum Gasteiger partial charge on any atom is -0.255 e. The molecule has 0 aromatic heterocycles. The molecule has 2 aromatic rings. The van der Waals surface area contributed by atoms with E-state index in [9.17, 15) is 0 Å². The number of benzene rings is 2. The molecule has 2 rings (SSSR count). The van der Waals surface area contributed by atoms with Crippen LogP contribution in [0.15, 0.2) is 46.4 Å². The number of aryl methyl sites for hydroxylation is 4. The highest BCUT2D eigenvalue weighted by Crippen LogP contribution is 2.19. The fraction of sp³-hybridized carbons (Fsp3) is 0.300. The molecule has 0 heterocycles. The Kier molecular flexibility index (Phi) is 5.26. The molecule has 0 spiro atoms. The Bertz CT molecular complexity index is 684. The molecule has 0 aliphatic heterocycles. The van der Waals surface area contributed by atoms with Crippen LogP contribution in [0.3, 0.4) is 0 Å². The molecule has 0 amide bonds. The minimum absolute atomic E-state index is 0.862. The van der Waals surface area contributed by atoms with E-state index in [0.717, 1.165) is 23.5 Å². The second-order valence-corrected chi connectivity index (χ2v) is 5.91. The van der Waals surface area contributed by atoms with E-state index in [1.165, 1.54) is 22.3 Å². The number of hydrogen-bond donors (Lipinski definition) is 0. The lowest BCUT2D eigenvalue weighted by Crippen LogP contribution is -1.96. The first-order valence-electron chi connectivity index (χ1n) is 7.74. The van der Waals surface area contributed by atoms with Crippen LogP contribution in [-0.4, -0.2) is 11.9 Å². The van der Waals surface area contributed by atoms with Gasteiger partial charge in [0.25, 0.3) is 0 Å². The summed E-state index contributed by atoms with van der Waals surface area (Å²) < 4.78 is 0. The van der Waals surface area contributed by atoms with Crippen molar-refractivity contribution in [3.63, 3.8) is 0 Å². The van der Waals surface area contributed by atoms with Crippen molar-refractivity contribution in [2.45, 2.75) is 41.0 Å². The first-order valence-corrected chi connectivity index (χ1v) is 7.74. The summed E-state index contributed by atoms with van der Waals surface area (Å²) in [6.07, 6.45) is 2.74. The third-order valence-corrected chi connectivity index (χ3v) is 3.41. The highest BCUT2D eigenvalue weighted by molar-refractivity contribution is 6.31. The molecule has 22 heavy (non-hydrogen) atoms. The van der Waals surface area contributed by atoms with Gasteiger partial charge in [-0.25, -0.2) is 0 Å². The predicted octanol–water partition coefficient (Wildman–Crippen LogP) is 5.81. The van der Waals surface area contributed by atoms with Crippen LogP contribution in [-0.2, 0) is 0 Å². The highest BCUT2D eigenvalue weighted by atomic mass is 14.8. The van der Waals surface area contributed by atoms with Crippen LogP contribution < -0.4 is 0 Å². The molecule has 0 aliphatic rings. The standard InChI is InChI=1S/C20H24N2/c1-6-18(22-20-11-16(4)8-17(5)12-20)13-21-19-9-14(2)7-15(3)10-19/h7-13H,6H2,1-5H3. The maximum absolute atomic E-state index is 4.73. The molecular weight excluding hydrogens is 268 g/mol. The lowest BCUT2D eigenvalue weighted by atomic mass is 10.1. The summed E-state index contributed by atoms with van der Waals surface area (Å²) in [5.41, 5.74) is 7.92. The SMILES string of the molecule is CCC(C=Nc1cc(C)cc(C)c1)=Nc1cc(C)cc(C)c1. The van der Waals surface area contributed by atoms with Crippen LogP contribution in [0.4, 0.5) is 11.4 Å². The molecule has 0 N–H and O–H groups in total. The van der Waals surface area contributed by atoms with Gasteiger partial charge < -0.3 is 0 Å². The number of rotatable bonds is 4. The van der Waals surface area contributed by atoms with E-state index in [4.69, 9.17) is 4.99 Å². The fourth-order valence-electron chi connectivity index (χ4n) is 2.55. The van der Waals surface area contributed by atoms with Gasteiger partial charge in [-0.3, -0.25) is 9.98 Å². The molecule has 0 saturated carbocycles. The number of aliphatic imine (C=N–C) groups is 2. The van der Waals surface area contributed by atoms with E-state index < -0.39 is 0 Å². The quantitative estimate of drug-likeness (QED) is 0.636. The zero-order chi connectivity index (χ0) is 16.1. The Hall–Kier alpha value is -2.22. The van der Waals surface area contributed by atoms with Crippen LogP contribution in [0, 0.1) is 27.7 Å². The molecule has 0 saturated heterocycles. The van der Waals surface area contributed by atoms with Crippen molar-refractivity contribution in [1.82, 2.24) is 0 Å². The zero-order valence-electron chi connectivity index (χ0n) is 14.1. The number of nitrogens with zero attached hydrogens (tertiary/aromatic N) is 2. The predicted molar refractivity (Wildman–Crippen MR) is 97.4 cm³/mol. The van der Waals surface area contributed by atoms with Crippen molar-refractivity contribution in [2.24, 2.45) is 9.98 Å². The van der Waals surface area contributed by atoms with E-state index in [1.807, 2.05) is 6.21 Å². The Balaban J connectivity index is 2.27. The van der Waals surface area contributed by atoms with Gasteiger partial charge in [0.2, 0.25) is 0 Å². The van der Waals surface area contributed by atoms with Crippen molar-refractivity contribution in [3.05, 3.63) is 58.7 Å². The van der Waals surface area contributed by atoms with Gasteiger partial charge in [-0.05, 0) is 80.6 Å². The second kappa shape index (κ2) is 7.17. The third kappa shape index (κ3) is 4.66. The molecule has 0 unspecified atom stereocenters. The van der Waals surface area contributed by atoms with Crippen molar-refractivity contribution in [1.29, 1.82) is 0 Å². The zero-order valence-corrected chi connectivity index (χ0v) is 14.1. The minimum atomic E-state index is 0.862. The van der Waals surface area contributed by atoms with Gasteiger partial charge in [-0.15, -0.1) is 0 Å². The van der Waals surface area contributed by atoms with Gasteiger partial charge in [0.1, 0.15) is 0 Å². The molecule has 0 bridgehead atoms. The third-order valence-electron chi connectivity index (χ3n) is 3.41. The summed E-state index contributed by atoms with van der Waals surface area (Å²) in [5, 5.41) is 0. The van der Waals surface area contributed by atoms with Gasteiger partial charge >= 0.3 is 0 Å². The molecule has 2 aromatic carbocycles. The van der Waals surface area contributed by atoms with Gasteiger partial charge in [0.05, 0.1) is 17.1 Å². The molecule has 2 heteroatoms. The maximum atomic E-state index is 4.73. The topological polar surface area (TPSA) is 24.7 Å². The summed E-state index contributed by atoms with van der Waals surface area (Å²) in [4.78, 5) is 9.31. The summed E-state index contributed by atoms with van der Waals surface area (Å²) in [6.45, 7) is 10.5. The van der Waals surface area contributed by atoms with Crippen LogP contribution in [0.5, 0.6) is 0 Å². The summed E-state index contributed by atoms with van der Waals surface area (Å²) in [5.74, 6) is 0. The van der Waals surface area contributed by atoms with Crippen LogP contribution in [0.25, 0.3) is 0 Å². The average molecular weight is 292 g/mol. The fourth-order valence-corrected chi connectivity index (χ4v) is 2.55. The second-order valence-electron chi connectivity index (χ2n) is 5.91. The monoisotopic (exact) mass is 292 g/mol. The Morgan fingerprint density at radius 3 is 1.68 bits per heavy atom. The van der Waals surface area contributed by atoms with E-state index in [-0.39, 0.29) is 0 Å². The molecule has 0 atom stereocenters. The van der Waals surface area contributed by atoms with Gasteiger partial charge in [0.15, 0.2) is 0 Å². The largest absolute Gasteiger partial charge is 0.255 e. The molecule has 0 aliphatic carbocycles. The Morgan fingerprint density at radius 2 is 1.23 bits per heavy atom. The highest BCUT2D eigenvalue weighted by Gasteiger charge is 1.98. The molecule has 0 radical (unpaired) electrons. The molecule has 2 nitrogen and oxygen atoms in total. The van der Waals surface area contributed by atoms with Gasteiger partial charge in [-0.1, -0.05) is 19.1 Å².